The molecule has 0 aliphatic carbocycles. The fourth-order valence-electron chi connectivity index (χ4n) is 2.58. The van der Waals surface area contributed by atoms with Crippen LogP contribution in [0.1, 0.15) is 19.8 Å². The van der Waals surface area contributed by atoms with Crippen LogP contribution in [0.4, 0.5) is 5.69 Å². The number of aromatic nitrogens is 1. The van der Waals surface area contributed by atoms with Crippen LogP contribution >= 0.6 is 0 Å². The zero-order valence-electron chi connectivity index (χ0n) is 12.6. The zero-order valence-corrected chi connectivity index (χ0v) is 12.6. The maximum atomic E-state index is 12.3. The first-order valence-corrected chi connectivity index (χ1v) is 7.34. The number of nitrogens with zero attached hydrogens (tertiary/aromatic N) is 1. The van der Waals surface area contributed by atoms with E-state index in [-0.39, 0.29) is 17.4 Å². The van der Waals surface area contributed by atoms with E-state index in [1.165, 1.54) is 6.07 Å². The Kier molecular flexibility index (Phi) is 5.52. The summed E-state index contributed by atoms with van der Waals surface area (Å²) in [4.78, 5) is 24.0. The number of amides is 1. The van der Waals surface area contributed by atoms with Crippen molar-refractivity contribution in [2.75, 3.05) is 25.6 Å². The summed E-state index contributed by atoms with van der Waals surface area (Å²) in [6.07, 6.45) is 3.36. The van der Waals surface area contributed by atoms with Gasteiger partial charge in [-0.25, -0.2) is 0 Å². The van der Waals surface area contributed by atoms with Crippen molar-refractivity contribution in [2.24, 2.45) is 5.92 Å². The van der Waals surface area contributed by atoms with Gasteiger partial charge in [0.25, 0.3) is 5.56 Å². The Morgan fingerprint density at radius 2 is 2.33 bits per heavy atom. The smallest absolute Gasteiger partial charge is 0.250 e. The maximum absolute atomic E-state index is 12.3. The second kappa shape index (κ2) is 7.38. The second-order valence-electron chi connectivity index (χ2n) is 5.51. The van der Waals surface area contributed by atoms with E-state index in [1.54, 1.807) is 23.9 Å². The number of carbonyl (C=O) groups is 1. The van der Waals surface area contributed by atoms with E-state index < -0.39 is 0 Å². The standard InChI is InChI=1S/C15H23N3O3/c1-11-9-12(5-6-16-11)15(20)17-13-3-4-14(19)18(10-13)7-8-21-2/h3-4,10-12,16H,5-9H2,1-2H3,(H,17,20). The highest BCUT2D eigenvalue weighted by Crippen LogP contribution is 2.18. The molecule has 6 heteroatoms. The molecule has 1 fully saturated rings. The molecule has 2 rings (SSSR count). The van der Waals surface area contributed by atoms with Gasteiger partial charge in [0.2, 0.25) is 5.91 Å². The Hall–Kier alpha value is -1.66. The third-order valence-corrected chi connectivity index (χ3v) is 3.78. The van der Waals surface area contributed by atoms with Gasteiger partial charge < -0.3 is 19.9 Å². The van der Waals surface area contributed by atoms with Crippen molar-refractivity contribution < 1.29 is 9.53 Å². The fourth-order valence-corrected chi connectivity index (χ4v) is 2.58. The van der Waals surface area contributed by atoms with Crippen molar-refractivity contribution in [3.8, 4) is 0 Å². The molecule has 0 radical (unpaired) electrons. The van der Waals surface area contributed by atoms with Crippen LogP contribution in [0.25, 0.3) is 0 Å². The summed E-state index contributed by atoms with van der Waals surface area (Å²) in [5, 5.41) is 6.24. The number of rotatable bonds is 5. The second-order valence-corrected chi connectivity index (χ2v) is 5.51. The number of pyridine rings is 1. The summed E-state index contributed by atoms with van der Waals surface area (Å²) < 4.78 is 6.52. The number of carbonyl (C=O) groups excluding carboxylic acids is 1. The van der Waals surface area contributed by atoms with E-state index in [9.17, 15) is 9.59 Å². The molecule has 1 saturated heterocycles. The number of methoxy groups -OCH3 is 1. The zero-order chi connectivity index (χ0) is 15.2. The monoisotopic (exact) mass is 293 g/mol. The molecule has 0 bridgehead atoms. The van der Waals surface area contributed by atoms with Crippen LogP contribution < -0.4 is 16.2 Å². The van der Waals surface area contributed by atoms with Crippen molar-refractivity contribution >= 4 is 11.6 Å². The van der Waals surface area contributed by atoms with Crippen molar-refractivity contribution in [3.63, 3.8) is 0 Å². The van der Waals surface area contributed by atoms with Gasteiger partial charge in [-0.05, 0) is 32.4 Å². The number of ether oxygens (including phenoxy) is 1. The average Bonchev–Trinajstić information content (AvgIpc) is 2.47. The summed E-state index contributed by atoms with van der Waals surface area (Å²) in [5.41, 5.74) is 0.558. The van der Waals surface area contributed by atoms with Gasteiger partial charge in [-0.1, -0.05) is 0 Å². The third kappa shape index (κ3) is 4.41. The summed E-state index contributed by atoms with van der Waals surface area (Å²) in [7, 11) is 1.59. The highest BCUT2D eigenvalue weighted by Gasteiger charge is 2.24. The molecule has 2 unspecified atom stereocenters. The molecule has 0 aromatic carbocycles. The Bertz CT molecular complexity index is 541. The van der Waals surface area contributed by atoms with E-state index >= 15 is 0 Å². The van der Waals surface area contributed by atoms with Gasteiger partial charge in [-0.2, -0.15) is 0 Å². The molecule has 2 heterocycles. The van der Waals surface area contributed by atoms with E-state index in [0.717, 1.165) is 19.4 Å². The number of nitrogens with one attached hydrogen (secondary N) is 2. The molecule has 2 atom stereocenters. The SMILES string of the molecule is COCCn1cc(NC(=O)C2CCNC(C)C2)ccc1=O. The number of hydrogen-bond acceptors (Lipinski definition) is 4. The average molecular weight is 293 g/mol. The molecule has 2 N–H and O–H groups in total. The Morgan fingerprint density at radius 3 is 3.05 bits per heavy atom. The van der Waals surface area contributed by atoms with Gasteiger partial charge in [0, 0.05) is 37.9 Å². The van der Waals surface area contributed by atoms with Crippen LogP contribution in [-0.2, 0) is 16.1 Å². The van der Waals surface area contributed by atoms with E-state index in [2.05, 4.69) is 17.6 Å². The lowest BCUT2D eigenvalue weighted by Gasteiger charge is -2.27. The van der Waals surface area contributed by atoms with E-state index in [4.69, 9.17) is 4.74 Å². The lowest BCUT2D eigenvalue weighted by atomic mass is 9.92. The van der Waals surface area contributed by atoms with Crippen molar-refractivity contribution in [1.29, 1.82) is 0 Å². The van der Waals surface area contributed by atoms with Crippen molar-refractivity contribution in [3.05, 3.63) is 28.7 Å². The quantitative estimate of drug-likeness (QED) is 0.843. The largest absolute Gasteiger partial charge is 0.383 e. The Morgan fingerprint density at radius 1 is 1.52 bits per heavy atom. The van der Waals surface area contributed by atoms with Gasteiger partial charge in [-0.15, -0.1) is 0 Å². The molecular formula is C15H23N3O3. The molecular weight excluding hydrogens is 270 g/mol. The predicted octanol–water partition coefficient (Wildman–Crippen LogP) is 0.821. The molecule has 6 nitrogen and oxygen atoms in total. The van der Waals surface area contributed by atoms with E-state index in [0.29, 0.717) is 24.9 Å². The molecule has 0 spiro atoms. The summed E-state index contributed by atoms with van der Waals surface area (Å²) >= 11 is 0. The minimum atomic E-state index is -0.0967. The first kappa shape index (κ1) is 15.7. The van der Waals surface area contributed by atoms with Crippen LogP contribution in [-0.4, -0.2) is 36.8 Å². The lowest BCUT2D eigenvalue weighted by molar-refractivity contribution is -0.120. The number of hydrogen-bond donors (Lipinski definition) is 2. The predicted molar refractivity (Wildman–Crippen MR) is 81.4 cm³/mol. The molecule has 21 heavy (non-hydrogen) atoms. The topological polar surface area (TPSA) is 72.4 Å². The van der Waals surface area contributed by atoms with Crippen molar-refractivity contribution in [2.45, 2.75) is 32.4 Å². The molecule has 0 saturated carbocycles. The molecule has 1 aliphatic rings. The molecule has 116 valence electrons. The van der Waals surface area contributed by atoms with Gasteiger partial charge in [0.1, 0.15) is 0 Å². The number of piperidine rings is 1. The molecule has 1 aliphatic heterocycles. The van der Waals surface area contributed by atoms with Gasteiger partial charge in [0.15, 0.2) is 0 Å². The summed E-state index contributed by atoms with van der Waals surface area (Å²) in [6, 6.07) is 3.48. The molecule has 1 amide bonds. The number of anilines is 1. The highest BCUT2D eigenvalue weighted by atomic mass is 16.5. The van der Waals surface area contributed by atoms with Crippen LogP contribution in [0.2, 0.25) is 0 Å². The fraction of sp³-hybridized carbons (Fsp3) is 0.600. The minimum absolute atomic E-state index is 0.0280. The first-order valence-electron chi connectivity index (χ1n) is 7.34. The maximum Gasteiger partial charge on any atom is 0.250 e. The van der Waals surface area contributed by atoms with Crippen LogP contribution in [0.3, 0.4) is 0 Å². The minimum Gasteiger partial charge on any atom is -0.383 e. The van der Waals surface area contributed by atoms with Crippen LogP contribution in [0.15, 0.2) is 23.1 Å². The summed E-state index contributed by atoms with van der Waals surface area (Å²) in [6.45, 7) is 3.89. The van der Waals surface area contributed by atoms with Crippen molar-refractivity contribution in [1.82, 2.24) is 9.88 Å². The van der Waals surface area contributed by atoms with Gasteiger partial charge in [0.05, 0.1) is 12.3 Å². The molecule has 1 aromatic heterocycles. The summed E-state index contributed by atoms with van der Waals surface area (Å²) in [5.74, 6) is 0.0564. The van der Waals surface area contributed by atoms with Crippen LogP contribution in [0, 0.1) is 5.92 Å². The highest BCUT2D eigenvalue weighted by molar-refractivity contribution is 5.92. The van der Waals surface area contributed by atoms with Gasteiger partial charge >= 0.3 is 0 Å². The Balaban J connectivity index is 2.01. The Labute approximate surface area is 124 Å². The lowest BCUT2D eigenvalue weighted by Crippen LogP contribution is -2.40. The first-order chi connectivity index (χ1) is 10.1. The van der Waals surface area contributed by atoms with Gasteiger partial charge in [-0.3, -0.25) is 9.59 Å². The molecule has 1 aromatic rings. The van der Waals surface area contributed by atoms with Crippen LogP contribution in [0.5, 0.6) is 0 Å². The third-order valence-electron chi connectivity index (χ3n) is 3.78. The normalized spacial score (nSPS) is 22.0. The van der Waals surface area contributed by atoms with E-state index in [1.807, 2.05) is 0 Å².